The molecular formula is C12H13F3O3. The number of alkyl halides is 3. The third kappa shape index (κ3) is 4.37. The van der Waals surface area contributed by atoms with Crippen LogP contribution >= 0.6 is 0 Å². The summed E-state index contributed by atoms with van der Waals surface area (Å²) in [7, 11) is 0. The molecule has 3 nitrogen and oxygen atoms in total. The van der Waals surface area contributed by atoms with Crippen molar-refractivity contribution in [2.75, 3.05) is 6.61 Å². The molecule has 1 unspecified atom stereocenters. The van der Waals surface area contributed by atoms with E-state index in [0.29, 0.717) is 12.0 Å². The Morgan fingerprint density at radius 3 is 2.33 bits per heavy atom. The van der Waals surface area contributed by atoms with Gasteiger partial charge in [-0.25, -0.2) is 4.79 Å². The van der Waals surface area contributed by atoms with Gasteiger partial charge in [0.05, 0.1) is 12.2 Å². The summed E-state index contributed by atoms with van der Waals surface area (Å²) >= 11 is 0. The first-order valence-corrected chi connectivity index (χ1v) is 5.31. The number of ether oxygens (including phenoxy) is 1. The minimum Gasteiger partial charge on any atom is -0.463 e. The van der Waals surface area contributed by atoms with Crippen molar-refractivity contribution < 1.29 is 27.8 Å². The Morgan fingerprint density at radius 1 is 1.33 bits per heavy atom. The molecule has 1 aromatic carbocycles. The van der Waals surface area contributed by atoms with E-state index in [0.717, 1.165) is 12.1 Å². The quantitative estimate of drug-likeness (QED) is 0.846. The van der Waals surface area contributed by atoms with E-state index in [2.05, 4.69) is 0 Å². The largest absolute Gasteiger partial charge is 0.463 e. The molecule has 0 amide bonds. The summed E-state index contributed by atoms with van der Waals surface area (Å²) in [6.45, 7) is 1.30. The first-order valence-electron chi connectivity index (χ1n) is 5.31. The van der Waals surface area contributed by atoms with Gasteiger partial charge in [-0.15, -0.1) is 0 Å². The average Bonchev–Trinajstić information content (AvgIpc) is 2.28. The SMILES string of the molecule is CC(O)C(=O)OCCc1ccc(C(F)(F)F)cc1. The van der Waals surface area contributed by atoms with E-state index in [1.807, 2.05) is 0 Å². The van der Waals surface area contributed by atoms with Crippen molar-refractivity contribution >= 4 is 5.97 Å². The van der Waals surface area contributed by atoms with Crippen molar-refractivity contribution in [3.63, 3.8) is 0 Å². The van der Waals surface area contributed by atoms with Crippen LogP contribution in [-0.4, -0.2) is 23.8 Å². The highest BCUT2D eigenvalue weighted by Gasteiger charge is 2.29. The van der Waals surface area contributed by atoms with Crippen LogP contribution in [0.4, 0.5) is 13.2 Å². The topological polar surface area (TPSA) is 46.5 Å². The maximum absolute atomic E-state index is 12.3. The zero-order valence-electron chi connectivity index (χ0n) is 9.70. The molecule has 0 radical (unpaired) electrons. The van der Waals surface area contributed by atoms with Gasteiger partial charge >= 0.3 is 12.1 Å². The van der Waals surface area contributed by atoms with E-state index >= 15 is 0 Å². The Balaban J connectivity index is 2.47. The third-order valence-electron chi connectivity index (χ3n) is 2.26. The van der Waals surface area contributed by atoms with E-state index in [1.165, 1.54) is 19.1 Å². The molecule has 0 spiro atoms. The molecule has 0 fully saturated rings. The number of rotatable bonds is 4. The van der Waals surface area contributed by atoms with Crippen LogP contribution in [0.15, 0.2) is 24.3 Å². The molecule has 0 heterocycles. The van der Waals surface area contributed by atoms with E-state index in [9.17, 15) is 18.0 Å². The van der Waals surface area contributed by atoms with Gasteiger partial charge in [0, 0.05) is 6.42 Å². The molecule has 1 N–H and O–H groups in total. The first-order chi connectivity index (χ1) is 8.30. The number of carbonyl (C=O) groups is 1. The number of hydrogen-bond acceptors (Lipinski definition) is 3. The molecule has 6 heteroatoms. The van der Waals surface area contributed by atoms with Crippen LogP contribution in [0.2, 0.25) is 0 Å². The van der Waals surface area contributed by atoms with E-state index in [1.54, 1.807) is 0 Å². The Bertz CT molecular complexity index is 396. The average molecular weight is 262 g/mol. The van der Waals surface area contributed by atoms with Crippen LogP contribution in [-0.2, 0) is 22.1 Å². The normalized spacial score (nSPS) is 13.2. The monoisotopic (exact) mass is 262 g/mol. The summed E-state index contributed by atoms with van der Waals surface area (Å²) in [4.78, 5) is 10.9. The Kier molecular flexibility index (Phi) is 4.72. The zero-order valence-corrected chi connectivity index (χ0v) is 9.70. The van der Waals surface area contributed by atoms with Gasteiger partial charge < -0.3 is 9.84 Å². The van der Waals surface area contributed by atoms with Gasteiger partial charge in [0.1, 0.15) is 6.10 Å². The summed E-state index contributed by atoms with van der Waals surface area (Å²) in [6, 6.07) is 4.62. The molecule has 0 aromatic heterocycles. The van der Waals surface area contributed by atoms with Gasteiger partial charge in [-0.2, -0.15) is 13.2 Å². The lowest BCUT2D eigenvalue weighted by molar-refractivity contribution is -0.152. The minimum absolute atomic E-state index is 0.0229. The molecule has 0 aliphatic carbocycles. The van der Waals surface area contributed by atoms with Gasteiger partial charge in [0.25, 0.3) is 0 Å². The van der Waals surface area contributed by atoms with Gasteiger partial charge in [-0.1, -0.05) is 12.1 Å². The smallest absolute Gasteiger partial charge is 0.416 e. The van der Waals surface area contributed by atoms with Crippen LogP contribution < -0.4 is 0 Å². The minimum atomic E-state index is -4.35. The lowest BCUT2D eigenvalue weighted by Gasteiger charge is -2.08. The highest BCUT2D eigenvalue weighted by Crippen LogP contribution is 2.29. The van der Waals surface area contributed by atoms with E-state index in [-0.39, 0.29) is 6.61 Å². The van der Waals surface area contributed by atoms with Gasteiger partial charge in [0.2, 0.25) is 0 Å². The fraction of sp³-hybridized carbons (Fsp3) is 0.417. The number of hydrogen-bond donors (Lipinski definition) is 1. The standard InChI is InChI=1S/C12H13F3O3/c1-8(16)11(17)18-7-6-9-2-4-10(5-3-9)12(13,14)15/h2-5,8,16H,6-7H2,1H3. The number of carbonyl (C=O) groups excluding carboxylic acids is 1. The summed E-state index contributed by atoms with van der Waals surface area (Å²) in [5.74, 6) is -0.748. The molecule has 0 bridgehead atoms. The summed E-state index contributed by atoms with van der Waals surface area (Å²) in [5.41, 5.74) is -0.0892. The highest BCUT2D eigenvalue weighted by molar-refractivity contribution is 5.73. The number of aliphatic hydroxyl groups is 1. The van der Waals surface area contributed by atoms with Crippen molar-refractivity contribution in [3.05, 3.63) is 35.4 Å². The van der Waals surface area contributed by atoms with Crippen LogP contribution in [0, 0.1) is 0 Å². The van der Waals surface area contributed by atoms with Crippen LogP contribution in [0.25, 0.3) is 0 Å². The molecule has 100 valence electrons. The number of esters is 1. The molecule has 0 aliphatic rings. The second-order valence-corrected chi connectivity index (χ2v) is 3.79. The molecule has 0 saturated heterocycles. The van der Waals surface area contributed by atoms with Crippen molar-refractivity contribution in [3.8, 4) is 0 Å². The van der Waals surface area contributed by atoms with Gasteiger partial charge in [-0.05, 0) is 24.6 Å². The van der Waals surface area contributed by atoms with Gasteiger partial charge in [-0.3, -0.25) is 0 Å². The maximum atomic E-state index is 12.3. The molecule has 0 aliphatic heterocycles. The highest BCUT2D eigenvalue weighted by atomic mass is 19.4. The molecule has 1 rings (SSSR count). The fourth-order valence-electron chi connectivity index (χ4n) is 1.25. The molecule has 18 heavy (non-hydrogen) atoms. The zero-order chi connectivity index (χ0) is 13.8. The molecule has 0 saturated carbocycles. The van der Waals surface area contributed by atoms with E-state index < -0.39 is 23.8 Å². The van der Waals surface area contributed by atoms with Crippen molar-refractivity contribution in [1.29, 1.82) is 0 Å². The van der Waals surface area contributed by atoms with Crippen LogP contribution in [0.5, 0.6) is 0 Å². The maximum Gasteiger partial charge on any atom is 0.416 e. The lowest BCUT2D eigenvalue weighted by atomic mass is 10.1. The van der Waals surface area contributed by atoms with Crippen molar-refractivity contribution in [1.82, 2.24) is 0 Å². The van der Waals surface area contributed by atoms with Crippen LogP contribution in [0.3, 0.4) is 0 Å². The van der Waals surface area contributed by atoms with E-state index in [4.69, 9.17) is 9.84 Å². The lowest BCUT2D eigenvalue weighted by Crippen LogP contribution is -2.20. The number of halogens is 3. The predicted molar refractivity (Wildman–Crippen MR) is 57.8 cm³/mol. The molecule has 1 aromatic rings. The summed E-state index contributed by atoms with van der Waals surface area (Å²) in [6.07, 6.45) is -5.24. The van der Waals surface area contributed by atoms with Crippen molar-refractivity contribution in [2.45, 2.75) is 25.6 Å². The number of benzene rings is 1. The first kappa shape index (κ1) is 14.5. The van der Waals surface area contributed by atoms with Crippen molar-refractivity contribution in [2.24, 2.45) is 0 Å². The summed E-state index contributed by atoms with van der Waals surface area (Å²) < 4.78 is 41.5. The predicted octanol–water partition coefficient (Wildman–Crippen LogP) is 2.17. The second-order valence-electron chi connectivity index (χ2n) is 3.79. The number of aliphatic hydroxyl groups excluding tert-OH is 1. The third-order valence-corrected chi connectivity index (χ3v) is 2.26. The second kappa shape index (κ2) is 5.86. The Hall–Kier alpha value is -1.56. The molecular weight excluding hydrogens is 249 g/mol. The Labute approximate surface area is 102 Å². The van der Waals surface area contributed by atoms with Gasteiger partial charge in [0.15, 0.2) is 0 Å². The van der Waals surface area contributed by atoms with Crippen LogP contribution in [0.1, 0.15) is 18.1 Å². The fourth-order valence-corrected chi connectivity index (χ4v) is 1.25. The summed E-state index contributed by atoms with van der Waals surface area (Å²) in [5, 5.41) is 8.84. The molecule has 1 atom stereocenters. The Morgan fingerprint density at radius 2 is 1.89 bits per heavy atom.